The van der Waals surface area contributed by atoms with E-state index < -0.39 is 20.8 Å². The molecule has 0 aromatic heterocycles. The third-order valence-corrected chi connectivity index (χ3v) is 4.50. The summed E-state index contributed by atoms with van der Waals surface area (Å²) < 4.78 is 58.8. The van der Waals surface area contributed by atoms with Crippen LogP contribution in [0.15, 0.2) is 36.4 Å². The van der Waals surface area contributed by atoms with Crippen LogP contribution in [0.2, 0.25) is 0 Å². The highest BCUT2D eigenvalue weighted by molar-refractivity contribution is 7.95. The van der Waals surface area contributed by atoms with E-state index in [1.54, 1.807) is 24.3 Å². The Morgan fingerprint density at radius 3 is 1.53 bits per heavy atom. The van der Waals surface area contributed by atoms with Crippen molar-refractivity contribution in [3.63, 3.8) is 0 Å². The lowest BCUT2D eigenvalue weighted by atomic mass is 10.1. The summed E-state index contributed by atoms with van der Waals surface area (Å²) in [6.07, 6.45) is 0. The number of fused-ring (bicyclic) bond motifs is 5. The zero-order chi connectivity index (χ0) is 13.7. The quantitative estimate of drug-likeness (QED) is 0.719. The van der Waals surface area contributed by atoms with Gasteiger partial charge in [0.05, 0.1) is 0 Å². The first-order valence-electron chi connectivity index (χ1n) is 4.98. The molecule has 0 fully saturated rings. The van der Waals surface area contributed by atoms with Crippen LogP contribution in [0.3, 0.4) is 0 Å². The zero-order valence-corrected chi connectivity index (χ0v) is 10.8. The van der Waals surface area contributed by atoms with E-state index >= 15 is 0 Å². The smallest absolute Gasteiger partial charge is 0.360 e. The lowest BCUT2D eigenvalue weighted by Gasteiger charge is -2.05. The lowest BCUT2D eigenvalue weighted by Crippen LogP contribution is -2.21. The van der Waals surface area contributed by atoms with Gasteiger partial charge in [0.2, 0.25) is 0 Å². The Kier molecular flexibility index (Phi) is 2.46. The second-order valence-electron chi connectivity index (χ2n) is 3.66. The van der Waals surface area contributed by atoms with Gasteiger partial charge in [-0.2, -0.15) is 16.8 Å². The molecule has 7 nitrogen and oxygen atoms in total. The van der Waals surface area contributed by atoms with Crippen molar-refractivity contribution < 1.29 is 28.8 Å². The van der Waals surface area contributed by atoms with Crippen LogP contribution in [0.25, 0.3) is 10.8 Å². The fraction of sp³-hybridized carbons (Fsp3) is 0. The van der Waals surface area contributed by atoms with Crippen LogP contribution < -0.4 is 8.37 Å². The fourth-order valence-electron chi connectivity index (χ4n) is 1.74. The molecule has 0 unspecified atom stereocenters. The Balaban J connectivity index is 2.40. The van der Waals surface area contributed by atoms with Gasteiger partial charge in [-0.15, -0.1) is 0 Å². The van der Waals surface area contributed by atoms with Crippen molar-refractivity contribution >= 4 is 31.6 Å². The standard InChI is InChI=1S/C10H6O7S2/c11-18(12)15-9-5-6-10(16-19(13,14)17-18)8-4-2-1-3-7(8)9/h1-6H. The van der Waals surface area contributed by atoms with Crippen LogP contribution >= 0.6 is 0 Å². The van der Waals surface area contributed by atoms with Crippen molar-refractivity contribution in [2.45, 2.75) is 0 Å². The molecule has 0 atom stereocenters. The average Bonchev–Trinajstić information content (AvgIpc) is 2.36. The van der Waals surface area contributed by atoms with Crippen molar-refractivity contribution in [3.05, 3.63) is 36.4 Å². The summed E-state index contributed by atoms with van der Waals surface area (Å²) >= 11 is 0. The summed E-state index contributed by atoms with van der Waals surface area (Å²) in [5, 5.41) is 0.786. The van der Waals surface area contributed by atoms with E-state index in [1.165, 1.54) is 12.1 Å². The van der Waals surface area contributed by atoms with Crippen molar-refractivity contribution in [3.8, 4) is 11.5 Å². The second kappa shape index (κ2) is 3.83. The van der Waals surface area contributed by atoms with Gasteiger partial charge in [0.15, 0.2) is 11.5 Å². The van der Waals surface area contributed by atoms with Crippen molar-refractivity contribution in [1.29, 1.82) is 0 Å². The molecule has 0 N–H and O–H groups in total. The molecule has 0 saturated carbocycles. The topological polar surface area (TPSA) is 96.0 Å². The molecule has 2 aromatic carbocycles. The Morgan fingerprint density at radius 2 is 1.11 bits per heavy atom. The van der Waals surface area contributed by atoms with Gasteiger partial charge in [0.25, 0.3) is 0 Å². The van der Waals surface area contributed by atoms with Crippen molar-refractivity contribution in [1.82, 2.24) is 0 Å². The molecule has 2 heterocycles. The van der Waals surface area contributed by atoms with E-state index in [9.17, 15) is 16.8 Å². The number of rotatable bonds is 0. The summed E-state index contributed by atoms with van der Waals surface area (Å²) in [6.45, 7) is 0. The van der Waals surface area contributed by atoms with Gasteiger partial charge in [0, 0.05) is 10.8 Å². The molecule has 0 spiro atoms. The molecule has 2 aliphatic heterocycles. The maximum absolute atomic E-state index is 11.4. The largest absolute Gasteiger partial charge is 0.466 e. The predicted molar refractivity (Wildman–Crippen MR) is 64.1 cm³/mol. The summed E-state index contributed by atoms with van der Waals surface area (Å²) in [5.74, 6) is -0.0832. The molecular weight excluding hydrogens is 296 g/mol. The Morgan fingerprint density at radius 1 is 0.684 bits per heavy atom. The molecule has 0 saturated heterocycles. The summed E-state index contributed by atoms with van der Waals surface area (Å²) in [5.41, 5.74) is 0. The maximum atomic E-state index is 11.4. The minimum absolute atomic E-state index is 0.0416. The molecule has 0 radical (unpaired) electrons. The van der Waals surface area contributed by atoms with Crippen molar-refractivity contribution in [2.75, 3.05) is 0 Å². The molecule has 4 rings (SSSR count). The predicted octanol–water partition coefficient (Wildman–Crippen LogP) is 1.12. The maximum Gasteiger partial charge on any atom is 0.466 e. The van der Waals surface area contributed by atoms with E-state index in [4.69, 9.17) is 0 Å². The third-order valence-electron chi connectivity index (χ3n) is 2.39. The van der Waals surface area contributed by atoms with E-state index in [1.807, 2.05) is 0 Å². The van der Waals surface area contributed by atoms with Crippen LogP contribution in [0.1, 0.15) is 0 Å². The van der Waals surface area contributed by atoms with Crippen LogP contribution in [0.4, 0.5) is 0 Å². The third kappa shape index (κ3) is 2.23. The molecule has 19 heavy (non-hydrogen) atoms. The van der Waals surface area contributed by atoms with Gasteiger partial charge in [-0.25, -0.2) is 0 Å². The van der Waals surface area contributed by atoms with Gasteiger partial charge < -0.3 is 8.37 Å². The minimum atomic E-state index is -4.77. The lowest BCUT2D eigenvalue weighted by molar-refractivity contribution is 0.356. The Bertz CT molecular complexity index is 795. The summed E-state index contributed by atoms with van der Waals surface area (Å²) in [7, 11) is -9.53. The SMILES string of the molecule is O=S1(=O)Oc2ccc(c3ccccc23)OS(=O)(=O)O1. The van der Waals surface area contributed by atoms with E-state index in [-0.39, 0.29) is 11.5 Å². The Labute approximate surface area is 109 Å². The van der Waals surface area contributed by atoms with Gasteiger partial charge in [0.1, 0.15) is 0 Å². The van der Waals surface area contributed by atoms with Crippen molar-refractivity contribution in [2.24, 2.45) is 0 Å². The first-order valence-corrected chi connectivity index (χ1v) is 7.65. The first-order chi connectivity index (χ1) is 8.86. The highest BCUT2D eigenvalue weighted by Gasteiger charge is 2.30. The molecular formula is C10H6O7S2. The van der Waals surface area contributed by atoms with Crippen LogP contribution in [0.5, 0.6) is 11.5 Å². The molecule has 0 amide bonds. The summed E-state index contributed by atoms with van der Waals surface area (Å²) in [6, 6.07) is 9.03. The van der Waals surface area contributed by atoms with E-state index in [2.05, 4.69) is 12.0 Å². The highest BCUT2D eigenvalue weighted by Crippen LogP contribution is 2.36. The van der Waals surface area contributed by atoms with Gasteiger partial charge >= 0.3 is 20.8 Å². The number of hydrogen-bond donors (Lipinski definition) is 0. The molecule has 100 valence electrons. The molecule has 2 aromatic rings. The Hall–Kier alpha value is -1.84. The average molecular weight is 302 g/mol. The number of benzene rings is 2. The minimum Gasteiger partial charge on any atom is -0.360 e. The van der Waals surface area contributed by atoms with Crippen LogP contribution in [0, 0.1) is 0 Å². The number of hydrogen-bond acceptors (Lipinski definition) is 7. The first kappa shape index (κ1) is 12.2. The van der Waals surface area contributed by atoms with Gasteiger partial charge in [-0.1, -0.05) is 27.9 Å². The van der Waals surface area contributed by atoms with Gasteiger partial charge in [-0.3, -0.25) is 0 Å². The highest BCUT2D eigenvalue weighted by atomic mass is 32.3. The van der Waals surface area contributed by atoms with E-state index in [0.717, 1.165) is 0 Å². The molecule has 9 heteroatoms. The van der Waals surface area contributed by atoms with E-state index in [0.29, 0.717) is 10.8 Å². The molecule has 2 bridgehead atoms. The van der Waals surface area contributed by atoms with Crippen LogP contribution in [-0.4, -0.2) is 16.8 Å². The molecule has 2 aliphatic rings. The second-order valence-corrected chi connectivity index (χ2v) is 6.17. The monoisotopic (exact) mass is 302 g/mol. The normalized spacial score (nSPS) is 19.8. The fourth-order valence-corrected chi connectivity index (χ4v) is 3.51. The summed E-state index contributed by atoms with van der Waals surface area (Å²) in [4.78, 5) is 0. The zero-order valence-electron chi connectivity index (χ0n) is 9.14. The molecule has 0 aliphatic carbocycles. The van der Waals surface area contributed by atoms with Gasteiger partial charge in [-0.05, 0) is 12.1 Å². The van der Waals surface area contributed by atoms with Crippen LogP contribution in [-0.2, 0) is 24.4 Å².